The third kappa shape index (κ3) is 3.94. The van der Waals surface area contributed by atoms with E-state index in [4.69, 9.17) is 11.6 Å². The molecule has 0 amide bonds. The molecule has 2 rings (SSSR count). The average molecular weight is 297 g/mol. The number of ether oxygens (including phenoxy) is 1. The summed E-state index contributed by atoms with van der Waals surface area (Å²) >= 11 is 7.53. The SMILES string of the molecule is COC(=O)Cc1ccc(CNc2cccnc2Cl)s1. The predicted molar refractivity (Wildman–Crippen MR) is 76.6 cm³/mol. The van der Waals surface area contributed by atoms with Crippen LogP contribution in [0.3, 0.4) is 0 Å². The Labute approximate surface area is 120 Å². The van der Waals surface area contributed by atoms with Crippen molar-refractivity contribution in [1.82, 2.24) is 4.98 Å². The zero-order valence-electron chi connectivity index (χ0n) is 10.4. The molecule has 0 aliphatic heterocycles. The van der Waals surface area contributed by atoms with Crippen molar-refractivity contribution in [2.45, 2.75) is 13.0 Å². The van der Waals surface area contributed by atoms with Crippen molar-refractivity contribution in [2.24, 2.45) is 0 Å². The zero-order valence-corrected chi connectivity index (χ0v) is 11.9. The Morgan fingerprint density at radius 1 is 1.42 bits per heavy atom. The van der Waals surface area contributed by atoms with E-state index in [9.17, 15) is 4.79 Å². The van der Waals surface area contributed by atoms with Crippen molar-refractivity contribution in [2.75, 3.05) is 12.4 Å². The van der Waals surface area contributed by atoms with Gasteiger partial charge < -0.3 is 10.1 Å². The van der Waals surface area contributed by atoms with Crippen LogP contribution in [0.15, 0.2) is 30.5 Å². The topological polar surface area (TPSA) is 51.2 Å². The number of anilines is 1. The summed E-state index contributed by atoms with van der Waals surface area (Å²) in [7, 11) is 1.39. The van der Waals surface area contributed by atoms with Crippen LogP contribution in [0.5, 0.6) is 0 Å². The fourth-order valence-corrected chi connectivity index (χ4v) is 2.66. The highest BCUT2D eigenvalue weighted by molar-refractivity contribution is 7.12. The first kappa shape index (κ1) is 13.8. The highest BCUT2D eigenvalue weighted by Crippen LogP contribution is 2.21. The number of esters is 1. The van der Waals surface area contributed by atoms with Gasteiger partial charge in [0.15, 0.2) is 5.15 Å². The maximum Gasteiger partial charge on any atom is 0.310 e. The Balaban J connectivity index is 1.94. The van der Waals surface area contributed by atoms with Crippen molar-refractivity contribution in [3.8, 4) is 0 Å². The Kier molecular flexibility index (Phi) is 4.76. The number of hydrogen-bond donors (Lipinski definition) is 1. The molecule has 0 aliphatic carbocycles. The number of thiophene rings is 1. The molecular formula is C13H13ClN2O2S. The van der Waals surface area contributed by atoms with Gasteiger partial charge in [0.25, 0.3) is 0 Å². The van der Waals surface area contributed by atoms with Crippen LogP contribution in [0.1, 0.15) is 9.75 Å². The van der Waals surface area contributed by atoms with E-state index in [-0.39, 0.29) is 5.97 Å². The Morgan fingerprint density at radius 3 is 2.95 bits per heavy atom. The number of carbonyl (C=O) groups is 1. The number of halogens is 1. The largest absolute Gasteiger partial charge is 0.469 e. The number of carbonyl (C=O) groups excluding carboxylic acids is 1. The van der Waals surface area contributed by atoms with Crippen LogP contribution in [0.4, 0.5) is 5.69 Å². The molecule has 2 aromatic rings. The van der Waals surface area contributed by atoms with Gasteiger partial charge in [-0.2, -0.15) is 0 Å². The van der Waals surface area contributed by atoms with E-state index >= 15 is 0 Å². The van der Waals surface area contributed by atoms with Gasteiger partial charge in [-0.25, -0.2) is 4.98 Å². The second-order valence-electron chi connectivity index (χ2n) is 3.82. The minimum absolute atomic E-state index is 0.225. The molecule has 0 spiro atoms. The summed E-state index contributed by atoms with van der Waals surface area (Å²) < 4.78 is 4.63. The minimum Gasteiger partial charge on any atom is -0.469 e. The molecule has 100 valence electrons. The van der Waals surface area contributed by atoms with Crippen molar-refractivity contribution in [3.63, 3.8) is 0 Å². The first-order valence-corrected chi connectivity index (χ1v) is 6.87. The molecule has 0 atom stereocenters. The molecule has 0 radical (unpaired) electrons. The molecule has 0 fully saturated rings. The molecule has 0 aromatic carbocycles. The highest BCUT2D eigenvalue weighted by atomic mass is 35.5. The molecule has 1 N–H and O–H groups in total. The molecular weight excluding hydrogens is 284 g/mol. The van der Waals surface area contributed by atoms with Gasteiger partial charge in [-0.3, -0.25) is 4.79 Å². The number of nitrogens with zero attached hydrogens (tertiary/aromatic N) is 1. The third-order valence-corrected chi connectivity index (χ3v) is 3.86. The van der Waals surface area contributed by atoms with Gasteiger partial charge in [0.05, 0.1) is 19.2 Å². The number of methoxy groups -OCH3 is 1. The van der Waals surface area contributed by atoms with Gasteiger partial charge in [0, 0.05) is 22.5 Å². The van der Waals surface area contributed by atoms with Crippen molar-refractivity contribution in [3.05, 3.63) is 45.4 Å². The monoisotopic (exact) mass is 296 g/mol. The van der Waals surface area contributed by atoms with Crippen LogP contribution in [0.25, 0.3) is 0 Å². The molecule has 0 bridgehead atoms. The predicted octanol–water partition coefficient (Wildman–Crippen LogP) is 3.12. The van der Waals surface area contributed by atoms with E-state index in [1.807, 2.05) is 24.3 Å². The summed E-state index contributed by atoms with van der Waals surface area (Å²) in [6.45, 7) is 0.650. The molecule has 0 unspecified atom stereocenters. The van der Waals surface area contributed by atoms with Gasteiger partial charge in [-0.15, -0.1) is 11.3 Å². The maximum absolute atomic E-state index is 11.2. The lowest BCUT2D eigenvalue weighted by Gasteiger charge is -2.05. The maximum atomic E-state index is 11.2. The van der Waals surface area contributed by atoms with E-state index in [1.54, 1.807) is 17.5 Å². The van der Waals surface area contributed by atoms with Crippen LogP contribution in [0.2, 0.25) is 5.15 Å². The highest BCUT2D eigenvalue weighted by Gasteiger charge is 2.06. The van der Waals surface area contributed by atoms with E-state index in [2.05, 4.69) is 15.0 Å². The van der Waals surface area contributed by atoms with E-state index in [0.29, 0.717) is 18.1 Å². The smallest absolute Gasteiger partial charge is 0.310 e. The van der Waals surface area contributed by atoms with Crippen LogP contribution >= 0.6 is 22.9 Å². The second kappa shape index (κ2) is 6.54. The molecule has 0 saturated heterocycles. The fourth-order valence-electron chi connectivity index (χ4n) is 1.53. The van der Waals surface area contributed by atoms with Crippen LogP contribution in [-0.2, 0) is 22.5 Å². The lowest BCUT2D eigenvalue weighted by Crippen LogP contribution is -2.02. The number of aromatic nitrogens is 1. The summed E-state index contributed by atoms with van der Waals surface area (Å²) in [4.78, 5) is 17.3. The van der Waals surface area contributed by atoms with Crippen LogP contribution in [-0.4, -0.2) is 18.1 Å². The fraction of sp³-hybridized carbons (Fsp3) is 0.231. The summed E-state index contributed by atoms with van der Waals surface area (Å²) in [5, 5.41) is 3.66. The van der Waals surface area contributed by atoms with Crippen LogP contribution < -0.4 is 5.32 Å². The molecule has 19 heavy (non-hydrogen) atoms. The summed E-state index contributed by atoms with van der Waals surface area (Å²) in [5.41, 5.74) is 0.798. The second-order valence-corrected chi connectivity index (χ2v) is 5.43. The number of nitrogens with one attached hydrogen (secondary N) is 1. The van der Waals surface area contributed by atoms with E-state index in [1.165, 1.54) is 7.11 Å². The zero-order chi connectivity index (χ0) is 13.7. The quantitative estimate of drug-likeness (QED) is 0.680. The summed E-state index contributed by atoms with van der Waals surface area (Å²) in [5.74, 6) is -0.225. The van der Waals surface area contributed by atoms with Gasteiger partial charge in [0.2, 0.25) is 0 Å². The third-order valence-electron chi connectivity index (χ3n) is 2.48. The minimum atomic E-state index is -0.225. The van der Waals surface area contributed by atoms with Crippen molar-refractivity contribution < 1.29 is 9.53 Å². The van der Waals surface area contributed by atoms with E-state index in [0.717, 1.165) is 15.4 Å². The number of rotatable bonds is 5. The molecule has 2 heterocycles. The average Bonchev–Trinajstić information content (AvgIpc) is 2.85. The Morgan fingerprint density at radius 2 is 2.21 bits per heavy atom. The molecule has 4 nitrogen and oxygen atoms in total. The van der Waals surface area contributed by atoms with E-state index < -0.39 is 0 Å². The lowest BCUT2D eigenvalue weighted by atomic mass is 10.3. The Hall–Kier alpha value is -1.59. The Bertz CT molecular complexity index is 571. The first-order valence-electron chi connectivity index (χ1n) is 5.68. The van der Waals surface area contributed by atoms with Gasteiger partial charge in [-0.1, -0.05) is 11.6 Å². The van der Waals surface area contributed by atoms with Crippen LogP contribution in [0, 0.1) is 0 Å². The number of hydrogen-bond acceptors (Lipinski definition) is 5. The molecule has 2 aromatic heterocycles. The first-order chi connectivity index (χ1) is 9.19. The van der Waals surface area contributed by atoms with Crippen molar-refractivity contribution >= 4 is 34.6 Å². The number of pyridine rings is 1. The standard InChI is InChI=1S/C13H13ClN2O2S/c1-18-12(17)7-9-4-5-10(19-9)8-16-11-3-2-6-15-13(11)14/h2-6,16H,7-8H2,1H3. The molecule has 0 aliphatic rings. The molecule has 6 heteroatoms. The van der Waals surface area contributed by atoms with Gasteiger partial charge >= 0.3 is 5.97 Å². The normalized spacial score (nSPS) is 10.2. The van der Waals surface area contributed by atoms with Gasteiger partial charge in [-0.05, 0) is 24.3 Å². The summed E-state index contributed by atoms with van der Waals surface area (Å²) in [6.07, 6.45) is 1.96. The lowest BCUT2D eigenvalue weighted by molar-refractivity contribution is -0.139. The van der Waals surface area contributed by atoms with Crippen molar-refractivity contribution in [1.29, 1.82) is 0 Å². The molecule has 0 saturated carbocycles. The summed E-state index contributed by atoms with van der Waals surface area (Å²) in [6, 6.07) is 7.62. The van der Waals surface area contributed by atoms with Gasteiger partial charge in [0.1, 0.15) is 0 Å².